The van der Waals surface area contributed by atoms with Crippen LogP contribution in [0.3, 0.4) is 0 Å². The molecule has 0 radical (unpaired) electrons. The zero-order valence-corrected chi connectivity index (χ0v) is 24.7. The summed E-state index contributed by atoms with van der Waals surface area (Å²) in [5.41, 5.74) is 1.07. The van der Waals surface area contributed by atoms with Gasteiger partial charge in [-0.1, -0.05) is 65.7 Å². The number of benzene rings is 3. The SMILES string of the molecule is CN(CC(=O)N(Cc1ccc(Cl)cc1)[C@H](Cc1ccccc1)C(=O)NC(C)(C)C)S(=O)(=O)c1ccc(Cl)cc1. The topological polar surface area (TPSA) is 86.8 Å². The van der Waals surface area contributed by atoms with Gasteiger partial charge < -0.3 is 10.2 Å². The van der Waals surface area contributed by atoms with E-state index in [-0.39, 0.29) is 23.8 Å². The van der Waals surface area contributed by atoms with E-state index in [1.807, 2.05) is 51.1 Å². The number of hydrogen-bond donors (Lipinski definition) is 1. The van der Waals surface area contributed by atoms with Crippen LogP contribution >= 0.6 is 23.2 Å². The van der Waals surface area contributed by atoms with Crippen molar-refractivity contribution in [2.24, 2.45) is 0 Å². The smallest absolute Gasteiger partial charge is 0.243 e. The van der Waals surface area contributed by atoms with E-state index >= 15 is 0 Å². The Morgan fingerprint density at radius 1 is 0.846 bits per heavy atom. The van der Waals surface area contributed by atoms with Gasteiger partial charge in [0.2, 0.25) is 21.8 Å². The maximum Gasteiger partial charge on any atom is 0.243 e. The van der Waals surface area contributed by atoms with Crippen molar-refractivity contribution in [2.45, 2.75) is 50.2 Å². The summed E-state index contributed by atoms with van der Waals surface area (Å²) in [6.45, 7) is 5.21. The molecule has 2 amide bonds. The highest BCUT2D eigenvalue weighted by molar-refractivity contribution is 7.89. The minimum atomic E-state index is -3.99. The number of nitrogens with zero attached hydrogens (tertiary/aromatic N) is 2. The third-order valence-corrected chi connectivity index (χ3v) is 8.24. The second kappa shape index (κ2) is 13.0. The summed E-state index contributed by atoms with van der Waals surface area (Å²) in [4.78, 5) is 28.9. The normalized spacial score (nSPS) is 12.7. The van der Waals surface area contributed by atoms with E-state index in [0.29, 0.717) is 10.0 Å². The van der Waals surface area contributed by atoms with Gasteiger partial charge in [0.1, 0.15) is 6.04 Å². The number of nitrogens with one attached hydrogen (secondary N) is 1. The summed E-state index contributed by atoms with van der Waals surface area (Å²) >= 11 is 12.0. The van der Waals surface area contributed by atoms with E-state index in [9.17, 15) is 18.0 Å². The summed E-state index contributed by atoms with van der Waals surface area (Å²) in [6, 6.07) is 21.2. The van der Waals surface area contributed by atoms with Crippen molar-refractivity contribution in [2.75, 3.05) is 13.6 Å². The lowest BCUT2D eigenvalue weighted by atomic mass is 10.0. The highest BCUT2D eigenvalue weighted by Crippen LogP contribution is 2.21. The van der Waals surface area contributed by atoms with Gasteiger partial charge in [-0.3, -0.25) is 9.59 Å². The van der Waals surface area contributed by atoms with Crippen LogP contribution in [-0.4, -0.2) is 54.6 Å². The molecule has 0 saturated heterocycles. The first-order valence-corrected chi connectivity index (χ1v) is 14.6. The fraction of sp³-hybridized carbons (Fsp3) is 0.310. The highest BCUT2D eigenvalue weighted by Gasteiger charge is 2.34. The molecule has 0 aliphatic carbocycles. The first kappa shape index (κ1) is 30.6. The molecule has 0 aromatic heterocycles. The molecule has 0 fully saturated rings. The van der Waals surface area contributed by atoms with Gasteiger partial charge in [-0.2, -0.15) is 4.31 Å². The Labute approximate surface area is 240 Å². The molecule has 208 valence electrons. The number of carbonyl (C=O) groups excluding carboxylic acids is 2. The Bertz CT molecular complexity index is 1370. The molecule has 0 aliphatic rings. The quantitative estimate of drug-likeness (QED) is 0.353. The van der Waals surface area contributed by atoms with Gasteiger partial charge in [0.25, 0.3) is 0 Å². The number of hydrogen-bond acceptors (Lipinski definition) is 4. The molecule has 3 rings (SSSR count). The molecular weight excluding hydrogens is 557 g/mol. The van der Waals surface area contributed by atoms with Crippen LogP contribution in [0.25, 0.3) is 0 Å². The molecular formula is C29H33Cl2N3O4S. The van der Waals surface area contributed by atoms with Gasteiger partial charge in [-0.15, -0.1) is 0 Å². The Hall–Kier alpha value is -2.91. The molecule has 0 unspecified atom stereocenters. The van der Waals surface area contributed by atoms with Crippen molar-refractivity contribution in [3.8, 4) is 0 Å². The van der Waals surface area contributed by atoms with Crippen LogP contribution in [0.4, 0.5) is 0 Å². The van der Waals surface area contributed by atoms with Gasteiger partial charge in [-0.25, -0.2) is 8.42 Å². The van der Waals surface area contributed by atoms with Crippen LogP contribution < -0.4 is 5.32 Å². The lowest BCUT2D eigenvalue weighted by Gasteiger charge is -2.34. The molecule has 10 heteroatoms. The average molecular weight is 591 g/mol. The minimum Gasteiger partial charge on any atom is -0.350 e. The Balaban J connectivity index is 1.98. The summed E-state index contributed by atoms with van der Waals surface area (Å²) in [6.07, 6.45) is 0.246. The van der Waals surface area contributed by atoms with Crippen molar-refractivity contribution in [1.29, 1.82) is 0 Å². The third kappa shape index (κ3) is 8.80. The second-order valence-corrected chi connectivity index (χ2v) is 13.2. The van der Waals surface area contributed by atoms with Gasteiger partial charge in [-0.05, 0) is 68.3 Å². The van der Waals surface area contributed by atoms with Crippen molar-refractivity contribution in [1.82, 2.24) is 14.5 Å². The number of sulfonamides is 1. The molecule has 0 bridgehead atoms. The molecule has 3 aromatic rings. The summed E-state index contributed by atoms with van der Waals surface area (Å²) in [7, 11) is -2.65. The van der Waals surface area contributed by atoms with Crippen LogP contribution in [0.5, 0.6) is 0 Å². The van der Waals surface area contributed by atoms with Crippen LogP contribution in [0.1, 0.15) is 31.9 Å². The predicted molar refractivity (Wildman–Crippen MR) is 155 cm³/mol. The average Bonchev–Trinajstić information content (AvgIpc) is 2.87. The minimum absolute atomic E-state index is 0.0118. The molecule has 1 atom stereocenters. The number of rotatable bonds is 10. The summed E-state index contributed by atoms with van der Waals surface area (Å²) in [5, 5.41) is 3.92. The molecule has 1 N–H and O–H groups in total. The largest absolute Gasteiger partial charge is 0.350 e. The summed E-state index contributed by atoms with van der Waals surface area (Å²) < 4.78 is 27.4. The fourth-order valence-corrected chi connectivity index (χ4v) is 5.32. The van der Waals surface area contributed by atoms with Crippen LogP contribution in [0, 0.1) is 0 Å². The van der Waals surface area contributed by atoms with Crippen molar-refractivity contribution in [3.05, 3.63) is 100 Å². The molecule has 39 heavy (non-hydrogen) atoms. The van der Waals surface area contributed by atoms with Gasteiger partial charge in [0.15, 0.2) is 0 Å². The van der Waals surface area contributed by atoms with Crippen LogP contribution in [0.2, 0.25) is 10.0 Å². The first-order chi connectivity index (χ1) is 18.3. The van der Waals surface area contributed by atoms with E-state index in [0.717, 1.165) is 15.4 Å². The van der Waals surface area contributed by atoms with Crippen LogP contribution in [-0.2, 0) is 32.6 Å². The monoisotopic (exact) mass is 589 g/mol. The number of carbonyl (C=O) groups is 2. The number of likely N-dealkylation sites (N-methyl/N-ethyl adjacent to an activating group) is 1. The number of amides is 2. The molecule has 0 saturated carbocycles. The van der Waals surface area contributed by atoms with E-state index in [1.165, 1.54) is 36.2 Å². The molecule has 0 aliphatic heterocycles. The molecule has 0 heterocycles. The zero-order valence-electron chi connectivity index (χ0n) is 22.4. The second-order valence-electron chi connectivity index (χ2n) is 10.3. The third-order valence-electron chi connectivity index (χ3n) is 5.92. The van der Waals surface area contributed by atoms with Crippen LogP contribution in [0.15, 0.2) is 83.8 Å². The molecule has 7 nitrogen and oxygen atoms in total. The lowest BCUT2D eigenvalue weighted by molar-refractivity contribution is -0.141. The summed E-state index contributed by atoms with van der Waals surface area (Å²) in [5.74, 6) is -0.855. The van der Waals surface area contributed by atoms with E-state index < -0.39 is 34.1 Å². The van der Waals surface area contributed by atoms with Gasteiger partial charge in [0, 0.05) is 35.6 Å². The maximum atomic E-state index is 13.9. The number of halogens is 2. The fourth-order valence-electron chi connectivity index (χ4n) is 3.95. The molecule has 3 aromatic carbocycles. The van der Waals surface area contributed by atoms with E-state index in [4.69, 9.17) is 23.2 Å². The first-order valence-electron chi connectivity index (χ1n) is 12.4. The zero-order chi connectivity index (χ0) is 28.8. The Kier molecular flexibility index (Phi) is 10.2. The van der Waals surface area contributed by atoms with Gasteiger partial charge in [0.05, 0.1) is 11.4 Å². The van der Waals surface area contributed by atoms with E-state index in [1.54, 1.807) is 24.3 Å². The van der Waals surface area contributed by atoms with E-state index in [2.05, 4.69) is 5.32 Å². The standard InChI is InChI=1S/C29H33Cl2N3O4S/c1-29(2,3)32-28(36)26(18-21-8-6-5-7-9-21)34(19-22-10-12-23(30)13-11-22)27(35)20-33(4)39(37,38)25-16-14-24(31)15-17-25/h5-17,26H,18-20H2,1-4H3,(H,32,36)/t26-/m1/s1. The van der Waals surface area contributed by atoms with Crippen molar-refractivity contribution < 1.29 is 18.0 Å². The maximum absolute atomic E-state index is 13.9. The Morgan fingerprint density at radius 2 is 1.38 bits per heavy atom. The lowest BCUT2D eigenvalue weighted by Crippen LogP contribution is -2.56. The molecule has 0 spiro atoms. The van der Waals surface area contributed by atoms with Crippen molar-refractivity contribution >= 4 is 45.0 Å². The van der Waals surface area contributed by atoms with Crippen molar-refractivity contribution in [3.63, 3.8) is 0 Å². The highest BCUT2D eigenvalue weighted by atomic mass is 35.5. The van der Waals surface area contributed by atoms with Gasteiger partial charge >= 0.3 is 0 Å². The Morgan fingerprint density at radius 3 is 1.92 bits per heavy atom. The predicted octanol–water partition coefficient (Wildman–Crippen LogP) is 5.17.